The van der Waals surface area contributed by atoms with Gasteiger partial charge in [0.25, 0.3) is 0 Å². The lowest BCUT2D eigenvalue weighted by Gasteiger charge is -2.51. The summed E-state index contributed by atoms with van der Waals surface area (Å²) in [6.07, 6.45) is 2.08. The Labute approximate surface area is 244 Å². The molecule has 4 fully saturated rings. The van der Waals surface area contributed by atoms with Crippen molar-refractivity contribution in [1.29, 1.82) is 0 Å². The highest BCUT2D eigenvalue weighted by Crippen LogP contribution is 2.77. The van der Waals surface area contributed by atoms with E-state index in [9.17, 15) is 14.7 Å². The normalized spacial score (nSPS) is 41.9. The number of carbonyl (C=O) groups excluding carboxylic acids is 2. The van der Waals surface area contributed by atoms with Crippen LogP contribution in [0.2, 0.25) is 0 Å². The number of esters is 2. The number of ether oxygens (including phenoxy) is 6. The van der Waals surface area contributed by atoms with Gasteiger partial charge in [-0.2, -0.15) is 0 Å². The molecule has 14 atom stereocenters. The van der Waals surface area contributed by atoms with Gasteiger partial charge < -0.3 is 33.5 Å². The average Bonchev–Trinajstić information content (AvgIpc) is 3.35. The molecule has 9 heteroatoms. The first-order valence-electron chi connectivity index (χ1n) is 15.6. The van der Waals surface area contributed by atoms with Gasteiger partial charge in [-0.05, 0) is 39.5 Å². The highest BCUT2D eigenvalue weighted by molar-refractivity contribution is 5.82. The zero-order valence-corrected chi connectivity index (χ0v) is 26.0. The summed E-state index contributed by atoms with van der Waals surface area (Å²) in [6, 6.07) is 0. The SMILES string of the molecule is CCC(C)CO[C@@H]1CC2[C@H](OC[C@@H](C)[C@H](C)O)OC=C3[C@H]4OC(=O)[C@]5(C)[C@@H](C[C@@]32[C@@H]15)[C@@H]4OC[C@@H](C)[C@@H](C)OC(C)=O. The van der Waals surface area contributed by atoms with Crippen LogP contribution < -0.4 is 0 Å². The Morgan fingerprint density at radius 2 is 1.78 bits per heavy atom. The van der Waals surface area contributed by atoms with Gasteiger partial charge in [-0.15, -0.1) is 0 Å². The lowest BCUT2D eigenvalue weighted by atomic mass is 9.61. The number of fused-ring (bicyclic) bond motifs is 3. The second-order valence-electron chi connectivity index (χ2n) is 13.9. The van der Waals surface area contributed by atoms with Crippen molar-refractivity contribution in [2.75, 3.05) is 19.8 Å². The predicted octanol–water partition coefficient (Wildman–Crippen LogP) is 4.25. The van der Waals surface area contributed by atoms with Crippen molar-refractivity contribution < 1.29 is 43.1 Å². The molecule has 0 aromatic rings. The van der Waals surface area contributed by atoms with E-state index in [0.29, 0.717) is 25.7 Å². The molecule has 0 aromatic carbocycles. The molecule has 3 bridgehead atoms. The van der Waals surface area contributed by atoms with Crippen LogP contribution in [0.1, 0.15) is 74.7 Å². The van der Waals surface area contributed by atoms with E-state index in [2.05, 4.69) is 20.8 Å². The molecule has 1 spiro atoms. The quantitative estimate of drug-likeness (QED) is 0.321. The maximum Gasteiger partial charge on any atom is 0.313 e. The first kappa shape index (κ1) is 30.8. The molecule has 0 amide bonds. The molecule has 1 saturated heterocycles. The Kier molecular flexibility index (Phi) is 8.58. The molecule has 0 aromatic heterocycles. The van der Waals surface area contributed by atoms with Crippen LogP contribution >= 0.6 is 0 Å². The molecule has 9 nitrogen and oxygen atoms in total. The first-order chi connectivity index (χ1) is 19.4. The molecule has 2 unspecified atom stereocenters. The molecular weight excluding hydrogens is 528 g/mol. The summed E-state index contributed by atoms with van der Waals surface area (Å²) in [6.45, 7) is 16.8. The van der Waals surface area contributed by atoms with Gasteiger partial charge in [0.15, 0.2) is 6.10 Å². The Morgan fingerprint density at radius 3 is 2.44 bits per heavy atom. The summed E-state index contributed by atoms with van der Waals surface area (Å²) < 4.78 is 37.6. The van der Waals surface area contributed by atoms with Gasteiger partial charge >= 0.3 is 11.9 Å². The summed E-state index contributed by atoms with van der Waals surface area (Å²) >= 11 is 0. The number of hydrogen-bond donors (Lipinski definition) is 1. The Morgan fingerprint density at radius 1 is 1.07 bits per heavy atom. The molecule has 41 heavy (non-hydrogen) atoms. The smallest absolute Gasteiger partial charge is 0.313 e. The van der Waals surface area contributed by atoms with E-state index in [4.69, 9.17) is 28.4 Å². The third kappa shape index (κ3) is 4.92. The molecule has 2 aliphatic heterocycles. The van der Waals surface area contributed by atoms with Crippen molar-refractivity contribution in [2.24, 2.45) is 46.3 Å². The summed E-state index contributed by atoms with van der Waals surface area (Å²) in [4.78, 5) is 25.4. The third-order valence-electron chi connectivity index (χ3n) is 11.3. The first-order valence-corrected chi connectivity index (χ1v) is 15.6. The minimum atomic E-state index is -0.773. The predicted molar refractivity (Wildman–Crippen MR) is 149 cm³/mol. The number of aliphatic hydroxyl groups is 1. The van der Waals surface area contributed by atoms with E-state index >= 15 is 0 Å². The standard InChI is InChI=1S/C32H50O9/c1-9-16(2)12-36-25-10-22-29(38-13-17(3)19(5)33)39-15-24-27-26(37-14-18(4)20(6)40-21(7)34)23-11-32(22,24)28(25)31(23,8)30(35)41-27/h15-20,22-23,25-29,33H,9-14H2,1-8H3/t16?,17-,18-,19+,20-,22?,23+,25-,26+,27-,28+,29-,31-,32+/m1/s1. The second-order valence-corrected chi connectivity index (χ2v) is 13.9. The molecule has 3 saturated carbocycles. The van der Waals surface area contributed by atoms with Crippen molar-refractivity contribution in [1.82, 2.24) is 0 Å². The maximum absolute atomic E-state index is 13.9. The number of carbonyl (C=O) groups is 2. The van der Waals surface area contributed by atoms with E-state index in [1.807, 2.05) is 20.8 Å². The lowest BCUT2D eigenvalue weighted by Crippen LogP contribution is -2.58. The van der Waals surface area contributed by atoms with Gasteiger partial charge in [-0.3, -0.25) is 9.59 Å². The lowest BCUT2D eigenvalue weighted by molar-refractivity contribution is -0.214. The summed E-state index contributed by atoms with van der Waals surface area (Å²) in [5, 5.41) is 10.1. The van der Waals surface area contributed by atoms with Crippen LogP contribution in [0.15, 0.2) is 11.8 Å². The van der Waals surface area contributed by atoms with Crippen LogP contribution in [0, 0.1) is 46.3 Å². The molecule has 1 N–H and O–H groups in total. The Balaban J connectivity index is 1.47. The molecule has 2 heterocycles. The van der Waals surface area contributed by atoms with Gasteiger partial charge in [0.1, 0.15) is 12.2 Å². The highest BCUT2D eigenvalue weighted by atomic mass is 16.7. The minimum Gasteiger partial charge on any atom is -0.472 e. The van der Waals surface area contributed by atoms with Gasteiger partial charge in [-0.1, -0.05) is 34.1 Å². The molecule has 3 aliphatic carbocycles. The zero-order chi connectivity index (χ0) is 29.9. The van der Waals surface area contributed by atoms with Gasteiger partial charge in [0.2, 0.25) is 6.29 Å². The fraction of sp³-hybridized carbons (Fsp3) is 0.875. The molecular formula is C32H50O9. The molecule has 5 aliphatic rings. The summed E-state index contributed by atoms with van der Waals surface area (Å²) in [7, 11) is 0. The van der Waals surface area contributed by atoms with E-state index in [-0.39, 0.29) is 65.3 Å². The molecule has 5 rings (SSSR count). The van der Waals surface area contributed by atoms with Crippen LogP contribution in [0.4, 0.5) is 0 Å². The van der Waals surface area contributed by atoms with Crippen LogP contribution in [0.3, 0.4) is 0 Å². The second kappa shape index (κ2) is 11.4. The van der Waals surface area contributed by atoms with E-state index < -0.39 is 23.9 Å². The van der Waals surface area contributed by atoms with Crippen molar-refractivity contribution >= 4 is 11.9 Å². The summed E-state index contributed by atoms with van der Waals surface area (Å²) in [5.74, 6) is -0.257. The largest absolute Gasteiger partial charge is 0.472 e. The zero-order valence-electron chi connectivity index (χ0n) is 26.0. The van der Waals surface area contributed by atoms with E-state index in [0.717, 1.165) is 24.8 Å². The van der Waals surface area contributed by atoms with E-state index in [1.54, 1.807) is 13.2 Å². The Bertz CT molecular complexity index is 1030. The van der Waals surface area contributed by atoms with Gasteiger partial charge in [0, 0.05) is 54.1 Å². The van der Waals surface area contributed by atoms with Gasteiger partial charge in [0.05, 0.1) is 37.1 Å². The fourth-order valence-corrected chi connectivity index (χ4v) is 8.30. The number of rotatable bonds is 13. The number of aliphatic hydroxyl groups excluding tert-OH is 1. The average molecular weight is 579 g/mol. The highest BCUT2D eigenvalue weighted by Gasteiger charge is 2.82. The van der Waals surface area contributed by atoms with Crippen molar-refractivity contribution in [3.8, 4) is 0 Å². The van der Waals surface area contributed by atoms with Crippen molar-refractivity contribution in [2.45, 2.75) is 111 Å². The van der Waals surface area contributed by atoms with E-state index in [1.165, 1.54) is 6.92 Å². The van der Waals surface area contributed by atoms with Gasteiger partial charge in [-0.25, -0.2) is 0 Å². The Hall–Kier alpha value is -1.68. The summed E-state index contributed by atoms with van der Waals surface area (Å²) in [5.41, 5.74) is -0.128. The van der Waals surface area contributed by atoms with Crippen LogP contribution in [-0.2, 0) is 38.0 Å². The van der Waals surface area contributed by atoms with Crippen molar-refractivity contribution in [3.05, 3.63) is 11.8 Å². The number of hydrogen-bond acceptors (Lipinski definition) is 9. The van der Waals surface area contributed by atoms with Crippen LogP contribution in [0.25, 0.3) is 0 Å². The van der Waals surface area contributed by atoms with Crippen molar-refractivity contribution in [3.63, 3.8) is 0 Å². The van der Waals surface area contributed by atoms with Crippen LogP contribution in [0.5, 0.6) is 0 Å². The maximum atomic E-state index is 13.9. The molecule has 232 valence electrons. The topological polar surface area (TPSA) is 110 Å². The minimum absolute atomic E-state index is 0.000758. The monoisotopic (exact) mass is 578 g/mol. The third-order valence-corrected chi connectivity index (χ3v) is 11.3. The molecule has 0 radical (unpaired) electrons. The fourth-order valence-electron chi connectivity index (χ4n) is 8.30. The van der Waals surface area contributed by atoms with Crippen LogP contribution in [-0.4, -0.2) is 73.7 Å².